The molecular formula is C47H60Cl2N6O6. The zero-order chi connectivity index (χ0) is 44.3. The Morgan fingerprint density at radius 2 is 1.70 bits per heavy atom. The van der Waals surface area contributed by atoms with Crippen molar-refractivity contribution in [3.05, 3.63) is 99.9 Å². The molecule has 0 radical (unpaired) electrons. The summed E-state index contributed by atoms with van der Waals surface area (Å²) < 4.78 is 20.4. The summed E-state index contributed by atoms with van der Waals surface area (Å²) in [6.07, 6.45) is 4.20. The van der Waals surface area contributed by atoms with Gasteiger partial charge in [0.25, 0.3) is 0 Å². The van der Waals surface area contributed by atoms with Crippen LogP contribution in [0.5, 0.6) is 11.5 Å². The first-order valence-corrected chi connectivity index (χ1v) is 21.7. The van der Waals surface area contributed by atoms with Gasteiger partial charge in [-0.25, -0.2) is 9.78 Å². The van der Waals surface area contributed by atoms with E-state index in [1.165, 1.54) is 0 Å². The maximum absolute atomic E-state index is 14.5. The molecule has 4 aromatic rings. The van der Waals surface area contributed by atoms with E-state index in [1.54, 1.807) is 15.9 Å². The van der Waals surface area contributed by atoms with E-state index in [4.69, 9.17) is 37.4 Å². The first kappa shape index (κ1) is 45.9. The summed E-state index contributed by atoms with van der Waals surface area (Å²) in [7, 11) is 6.05. The van der Waals surface area contributed by atoms with Crippen molar-refractivity contribution in [1.29, 1.82) is 0 Å². The van der Waals surface area contributed by atoms with Gasteiger partial charge in [0.1, 0.15) is 34.7 Å². The van der Waals surface area contributed by atoms with Crippen LogP contribution in [0.3, 0.4) is 0 Å². The van der Waals surface area contributed by atoms with Crippen molar-refractivity contribution in [2.24, 2.45) is 13.0 Å². The Labute approximate surface area is 370 Å². The monoisotopic (exact) mass is 874 g/mol. The zero-order valence-electron chi connectivity index (χ0n) is 36.9. The van der Waals surface area contributed by atoms with Gasteiger partial charge in [0, 0.05) is 41.7 Å². The number of hydrogen-bond donors (Lipinski definition) is 1. The number of carbonyl (C=O) groups excluding carboxylic acids is 3. The standard InChI is InChI=1S/C47H60Cl2N6O6/c1-31(11-14-34-15-20-36(49)25-40(34)60-37-21-16-33(17-22-37)38-27-50-41(53(38)9)28-52(7)8)43(57)55-39(29-59-46(55,5)6)42(56)51-47(26-32-12-18-35(48)19-13-32)23-10-24-54(30-47)44(58)61-45(2,3)4/h12-13,15-22,25,27,31,39H,10-11,14,23-24,26,28-30H2,1-9H3,(H,51,56)/t31-,39?,47-/m1/s1. The topological polar surface area (TPSA) is 118 Å². The van der Waals surface area contributed by atoms with Gasteiger partial charge in [-0.1, -0.05) is 48.3 Å². The van der Waals surface area contributed by atoms with Gasteiger partial charge in [0.2, 0.25) is 11.8 Å². The summed E-state index contributed by atoms with van der Waals surface area (Å²) in [5.74, 6) is 1.25. The molecule has 1 N–H and O–H groups in total. The van der Waals surface area contributed by atoms with Crippen molar-refractivity contribution in [3.63, 3.8) is 0 Å². The van der Waals surface area contributed by atoms with Crippen LogP contribution in [0.15, 0.2) is 72.9 Å². The normalized spacial score (nSPS) is 19.5. The van der Waals surface area contributed by atoms with Crippen LogP contribution in [0.4, 0.5) is 4.79 Å². The number of imidazole rings is 1. The van der Waals surface area contributed by atoms with Crippen LogP contribution < -0.4 is 10.1 Å². The number of piperidine rings is 1. The first-order valence-electron chi connectivity index (χ1n) is 21.0. The summed E-state index contributed by atoms with van der Waals surface area (Å²) in [5, 5.41) is 4.48. The van der Waals surface area contributed by atoms with Crippen molar-refractivity contribution < 1.29 is 28.6 Å². The quantitative estimate of drug-likeness (QED) is 0.142. The molecule has 3 amide bonds. The van der Waals surface area contributed by atoms with Crippen LogP contribution >= 0.6 is 23.2 Å². The molecule has 61 heavy (non-hydrogen) atoms. The number of carbonyl (C=O) groups is 3. The maximum atomic E-state index is 14.5. The average Bonchev–Trinajstić information content (AvgIpc) is 3.71. The number of amides is 3. The lowest BCUT2D eigenvalue weighted by atomic mass is 9.82. The van der Waals surface area contributed by atoms with E-state index in [-0.39, 0.29) is 25.0 Å². The molecular weight excluding hydrogens is 815 g/mol. The molecule has 328 valence electrons. The summed E-state index contributed by atoms with van der Waals surface area (Å²) in [4.78, 5) is 52.2. The second-order valence-electron chi connectivity index (χ2n) is 18.2. The molecule has 3 heterocycles. The highest BCUT2D eigenvalue weighted by Crippen LogP contribution is 2.35. The second-order valence-corrected chi connectivity index (χ2v) is 19.1. The van der Waals surface area contributed by atoms with E-state index in [9.17, 15) is 14.4 Å². The van der Waals surface area contributed by atoms with E-state index >= 15 is 0 Å². The van der Waals surface area contributed by atoms with Crippen molar-refractivity contribution in [3.8, 4) is 22.8 Å². The van der Waals surface area contributed by atoms with Crippen molar-refractivity contribution in [1.82, 2.24) is 29.6 Å². The number of nitrogens with one attached hydrogen (secondary N) is 1. The molecule has 2 aliphatic rings. The van der Waals surface area contributed by atoms with E-state index in [1.807, 2.05) is 130 Å². The highest BCUT2D eigenvalue weighted by molar-refractivity contribution is 6.31. The number of hydrogen-bond acceptors (Lipinski definition) is 8. The third kappa shape index (κ3) is 11.5. The lowest BCUT2D eigenvalue weighted by molar-refractivity contribution is -0.153. The minimum atomic E-state index is -1.03. The van der Waals surface area contributed by atoms with E-state index < -0.39 is 34.9 Å². The van der Waals surface area contributed by atoms with Crippen molar-refractivity contribution in [2.45, 2.75) is 103 Å². The molecule has 1 aromatic heterocycles. The molecule has 2 aliphatic heterocycles. The number of halogens is 2. The Morgan fingerprint density at radius 3 is 2.38 bits per heavy atom. The molecule has 0 aliphatic carbocycles. The third-order valence-corrected chi connectivity index (χ3v) is 11.8. The van der Waals surface area contributed by atoms with Gasteiger partial charge in [0.05, 0.1) is 30.6 Å². The minimum Gasteiger partial charge on any atom is -0.457 e. The fourth-order valence-corrected chi connectivity index (χ4v) is 8.47. The number of ether oxygens (including phenoxy) is 3. The Bertz CT molecular complexity index is 2180. The average molecular weight is 876 g/mol. The summed E-state index contributed by atoms with van der Waals surface area (Å²) >= 11 is 12.7. The smallest absolute Gasteiger partial charge is 0.410 e. The summed E-state index contributed by atoms with van der Waals surface area (Å²) in [6, 6.07) is 20.0. The van der Waals surface area contributed by atoms with E-state index in [2.05, 4.69) is 19.8 Å². The van der Waals surface area contributed by atoms with Crippen LogP contribution in [-0.4, -0.2) is 98.9 Å². The van der Waals surface area contributed by atoms with Gasteiger partial charge in [0.15, 0.2) is 0 Å². The molecule has 2 fully saturated rings. The summed E-state index contributed by atoms with van der Waals surface area (Å²) in [5.41, 5.74) is 1.35. The van der Waals surface area contributed by atoms with Gasteiger partial charge in [-0.3, -0.25) is 14.5 Å². The maximum Gasteiger partial charge on any atom is 0.410 e. The molecule has 12 nitrogen and oxygen atoms in total. The highest BCUT2D eigenvalue weighted by atomic mass is 35.5. The fourth-order valence-electron chi connectivity index (χ4n) is 8.19. The molecule has 3 aromatic carbocycles. The van der Waals surface area contributed by atoms with Crippen LogP contribution in [0.2, 0.25) is 10.0 Å². The molecule has 1 unspecified atom stereocenters. The van der Waals surface area contributed by atoms with Crippen LogP contribution in [0.1, 0.15) is 77.8 Å². The molecule has 14 heteroatoms. The molecule has 0 saturated carbocycles. The Morgan fingerprint density at radius 1 is 1.02 bits per heavy atom. The van der Waals surface area contributed by atoms with Crippen molar-refractivity contribution >= 4 is 41.1 Å². The number of rotatable bonds is 13. The number of benzene rings is 3. The van der Waals surface area contributed by atoms with Gasteiger partial charge >= 0.3 is 6.09 Å². The first-order chi connectivity index (χ1) is 28.7. The second kappa shape index (κ2) is 18.8. The van der Waals surface area contributed by atoms with Gasteiger partial charge < -0.3 is 33.9 Å². The summed E-state index contributed by atoms with van der Waals surface area (Å²) in [6.45, 7) is 12.5. The van der Waals surface area contributed by atoms with E-state index in [0.717, 1.165) is 34.8 Å². The van der Waals surface area contributed by atoms with E-state index in [0.29, 0.717) is 60.2 Å². The molecule has 2 saturated heterocycles. The number of aryl methyl sites for hydroxylation is 1. The number of aromatic nitrogens is 2. The number of likely N-dealkylation sites (tertiary alicyclic amines) is 1. The highest BCUT2D eigenvalue weighted by Gasteiger charge is 2.50. The Balaban J connectivity index is 1.15. The van der Waals surface area contributed by atoms with Gasteiger partial charge in [-0.2, -0.15) is 0 Å². The molecule has 0 bridgehead atoms. The molecule has 0 spiro atoms. The van der Waals surface area contributed by atoms with Crippen LogP contribution in [-0.2, 0) is 45.5 Å². The largest absolute Gasteiger partial charge is 0.457 e. The predicted molar refractivity (Wildman–Crippen MR) is 239 cm³/mol. The predicted octanol–water partition coefficient (Wildman–Crippen LogP) is 8.91. The SMILES string of the molecule is C[C@H](CCc1ccc(Cl)cc1Oc1ccc(-c2cnc(CN(C)C)n2C)cc1)C(=O)N1C(C(=O)N[C@@]2(Cc3ccc(Cl)cc3)CCCN(C(=O)OC(C)(C)C)C2)COC1(C)C. The number of nitrogens with zero attached hydrogens (tertiary/aromatic N) is 5. The minimum absolute atomic E-state index is 0.0376. The lowest BCUT2D eigenvalue weighted by Gasteiger charge is -2.44. The third-order valence-electron chi connectivity index (χ3n) is 11.3. The molecule has 3 atom stereocenters. The Hall–Kier alpha value is -4.62. The van der Waals surface area contributed by atoms with Crippen LogP contribution in [0.25, 0.3) is 11.3 Å². The Kier molecular flexibility index (Phi) is 14.1. The van der Waals surface area contributed by atoms with Crippen LogP contribution in [0, 0.1) is 5.92 Å². The zero-order valence-corrected chi connectivity index (χ0v) is 38.4. The lowest BCUT2D eigenvalue weighted by Crippen LogP contribution is -2.64. The van der Waals surface area contributed by atoms with Gasteiger partial charge in [-0.05, 0) is 140 Å². The fraction of sp³-hybridized carbons (Fsp3) is 0.489. The van der Waals surface area contributed by atoms with Crippen molar-refractivity contribution in [2.75, 3.05) is 33.8 Å². The van der Waals surface area contributed by atoms with Gasteiger partial charge in [-0.15, -0.1) is 0 Å². The molecule has 6 rings (SSSR count).